The molecular weight excluding hydrogens is 218 g/mol. The molecule has 0 fully saturated rings. The van der Waals surface area contributed by atoms with Crippen molar-refractivity contribution in [2.75, 3.05) is 0 Å². The average molecular weight is 231 g/mol. The van der Waals surface area contributed by atoms with Crippen LogP contribution in [0.2, 0.25) is 0 Å². The highest BCUT2D eigenvalue weighted by atomic mass is 32.2. The van der Waals surface area contributed by atoms with E-state index in [0.717, 1.165) is 16.2 Å². The summed E-state index contributed by atoms with van der Waals surface area (Å²) in [5.41, 5.74) is 2.38. The first kappa shape index (κ1) is 11.0. The van der Waals surface area contributed by atoms with E-state index in [1.165, 1.54) is 11.1 Å². The van der Waals surface area contributed by atoms with Gasteiger partial charge in [0, 0.05) is 9.79 Å². The molecule has 2 nitrogen and oxygen atoms in total. The van der Waals surface area contributed by atoms with E-state index in [4.69, 9.17) is 0 Å². The molecule has 0 spiro atoms. The summed E-state index contributed by atoms with van der Waals surface area (Å²) in [5, 5.41) is 0. The molecule has 82 valence electrons. The molecule has 3 rings (SSSR count). The standard InChI is InChI=1S/C13H10OS.H3N/c14-15-12-7-3-1-5-10(12)9-11-6-2-4-8-13(11)15;/h1-8H,9H2;1H3. The Hall–Kier alpha value is -1.45. The van der Waals surface area contributed by atoms with E-state index in [1.807, 2.05) is 36.4 Å². The quantitative estimate of drug-likeness (QED) is 0.646. The lowest BCUT2D eigenvalue weighted by Gasteiger charge is -2.18. The van der Waals surface area contributed by atoms with Gasteiger partial charge in [-0.05, 0) is 29.7 Å². The number of fused-ring (bicyclic) bond motifs is 2. The van der Waals surface area contributed by atoms with Gasteiger partial charge in [-0.3, -0.25) is 0 Å². The molecule has 2 aromatic carbocycles. The van der Waals surface area contributed by atoms with Gasteiger partial charge in [-0.15, -0.1) is 0 Å². The van der Waals surface area contributed by atoms with Crippen LogP contribution < -0.4 is 6.15 Å². The van der Waals surface area contributed by atoms with Crippen molar-refractivity contribution in [3.8, 4) is 0 Å². The molecule has 1 aliphatic rings. The lowest BCUT2D eigenvalue weighted by molar-refractivity contribution is 0.679. The molecule has 0 bridgehead atoms. The molecule has 0 amide bonds. The Morgan fingerprint density at radius 3 is 1.75 bits per heavy atom. The molecule has 1 heterocycles. The van der Waals surface area contributed by atoms with E-state index >= 15 is 0 Å². The highest BCUT2D eigenvalue weighted by molar-refractivity contribution is 7.85. The highest BCUT2D eigenvalue weighted by Crippen LogP contribution is 2.30. The van der Waals surface area contributed by atoms with Gasteiger partial charge in [-0.25, -0.2) is 4.21 Å². The van der Waals surface area contributed by atoms with Gasteiger partial charge in [0.1, 0.15) is 0 Å². The second-order valence-electron chi connectivity index (χ2n) is 3.66. The normalized spacial score (nSPS) is 13.5. The molecule has 0 aromatic heterocycles. The van der Waals surface area contributed by atoms with Crippen LogP contribution in [-0.2, 0) is 17.2 Å². The van der Waals surface area contributed by atoms with Crippen molar-refractivity contribution in [3.63, 3.8) is 0 Å². The van der Waals surface area contributed by atoms with E-state index in [9.17, 15) is 4.21 Å². The lowest BCUT2D eigenvalue weighted by Crippen LogP contribution is -2.08. The molecule has 1 aliphatic heterocycles. The maximum atomic E-state index is 12.2. The van der Waals surface area contributed by atoms with E-state index in [0.29, 0.717) is 0 Å². The van der Waals surface area contributed by atoms with Gasteiger partial charge in [0.2, 0.25) is 0 Å². The van der Waals surface area contributed by atoms with Crippen molar-refractivity contribution in [2.45, 2.75) is 16.2 Å². The van der Waals surface area contributed by atoms with E-state index in [1.54, 1.807) is 0 Å². The summed E-state index contributed by atoms with van der Waals surface area (Å²) in [5.74, 6) is 0. The monoisotopic (exact) mass is 231 g/mol. The molecule has 3 heteroatoms. The van der Waals surface area contributed by atoms with E-state index < -0.39 is 10.8 Å². The molecule has 16 heavy (non-hydrogen) atoms. The molecule has 3 N–H and O–H groups in total. The second kappa shape index (κ2) is 4.20. The fourth-order valence-corrected chi connectivity index (χ4v) is 3.38. The Morgan fingerprint density at radius 2 is 1.25 bits per heavy atom. The minimum atomic E-state index is -0.990. The van der Waals surface area contributed by atoms with Crippen LogP contribution in [0.25, 0.3) is 0 Å². The zero-order chi connectivity index (χ0) is 10.3. The van der Waals surface area contributed by atoms with Crippen LogP contribution in [0.3, 0.4) is 0 Å². The largest absolute Gasteiger partial charge is 0.344 e. The summed E-state index contributed by atoms with van der Waals surface area (Å²) in [7, 11) is -0.990. The minimum absolute atomic E-state index is 0. The summed E-state index contributed by atoms with van der Waals surface area (Å²) < 4.78 is 12.2. The molecule has 0 radical (unpaired) electrons. The third-order valence-electron chi connectivity index (χ3n) is 2.73. The molecule has 0 atom stereocenters. The van der Waals surface area contributed by atoms with Crippen molar-refractivity contribution >= 4 is 10.8 Å². The summed E-state index contributed by atoms with van der Waals surface area (Å²) in [6.45, 7) is 0. The Balaban J connectivity index is 0.000000963. The van der Waals surface area contributed by atoms with Gasteiger partial charge in [-0.1, -0.05) is 36.4 Å². The zero-order valence-corrected chi connectivity index (χ0v) is 9.67. The summed E-state index contributed by atoms with van der Waals surface area (Å²) in [6.07, 6.45) is 0.901. The van der Waals surface area contributed by atoms with E-state index in [2.05, 4.69) is 12.1 Å². The Labute approximate surface area is 97.4 Å². The predicted molar refractivity (Wildman–Crippen MR) is 65.4 cm³/mol. The molecule has 0 unspecified atom stereocenters. The molecule has 0 aliphatic carbocycles. The van der Waals surface area contributed by atoms with Crippen LogP contribution in [0.1, 0.15) is 11.1 Å². The summed E-state index contributed by atoms with van der Waals surface area (Å²) in [6, 6.07) is 15.9. The van der Waals surface area contributed by atoms with Crippen molar-refractivity contribution in [2.24, 2.45) is 0 Å². The van der Waals surface area contributed by atoms with Crippen LogP contribution in [0.15, 0.2) is 58.3 Å². The summed E-state index contributed by atoms with van der Waals surface area (Å²) in [4.78, 5) is 1.94. The second-order valence-corrected chi connectivity index (χ2v) is 5.08. The van der Waals surface area contributed by atoms with Crippen molar-refractivity contribution in [1.82, 2.24) is 6.15 Å². The van der Waals surface area contributed by atoms with Crippen LogP contribution in [0, 0.1) is 0 Å². The van der Waals surface area contributed by atoms with Gasteiger partial charge in [0.25, 0.3) is 0 Å². The summed E-state index contributed by atoms with van der Waals surface area (Å²) >= 11 is 0. The van der Waals surface area contributed by atoms with Gasteiger partial charge in [0.15, 0.2) is 0 Å². The molecular formula is C13H13NOS. The molecule has 0 saturated heterocycles. The lowest BCUT2D eigenvalue weighted by atomic mass is 10.0. The molecule has 2 aromatic rings. The van der Waals surface area contributed by atoms with E-state index in [-0.39, 0.29) is 6.15 Å². The van der Waals surface area contributed by atoms with Crippen molar-refractivity contribution in [1.29, 1.82) is 0 Å². The number of benzene rings is 2. The first-order valence-electron chi connectivity index (χ1n) is 4.94. The maximum Gasteiger partial charge on any atom is 0.0855 e. The van der Waals surface area contributed by atoms with Crippen molar-refractivity contribution < 1.29 is 4.21 Å². The number of hydrogen-bond donors (Lipinski definition) is 1. The number of rotatable bonds is 0. The first-order valence-corrected chi connectivity index (χ1v) is 6.09. The first-order chi connectivity index (χ1) is 7.36. The van der Waals surface area contributed by atoms with Crippen LogP contribution in [0.4, 0.5) is 0 Å². The fourth-order valence-electron chi connectivity index (χ4n) is 1.99. The minimum Gasteiger partial charge on any atom is -0.344 e. The Morgan fingerprint density at radius 1 is 0.812 bits per heavy atom. The van der Waals surface area contributed by atoms with Gasteiger partial charge in [0.05, 0.1) is 10.8 Å². The van der Waals surface area contributed by atoms with Gasteiger partial charge in [-0.2, -0.15) is 0 Å². The third-order valence-corrected chi connectivity index (χ3v) is 4.32. The smallest absolute Gasteiger partial charge is 0.0855 e. The van der Waals surface area contributed by atoms with Crippen LogP contribution in [-0.4, -0.2) is 4.21 Å². The zero-order valence-electron chi connectivity index (χ0n) is 8.85. The Kier molecular flexibility index (Phi) is 2.90. The van der Waals surface area contributed by atoms with Crippen LogP contribution >= 0.6 is 0 Å². The molecule has 0 saturated carbocycles. The average Bonchev–Trinajstić information content (AvgIpc) is 2.30. The Bertz CT molecular complexity index is 504. The third kappa shape index (κ3) is 1.58. The SMILES string of the molecule is N.O=S1c2ccccc2Cc2ccccc21. The highest BCUT2D eigenvalue weighted by Gasteiger charge is 2.20. The van der Waals surface area contributed by atoms with Crippen molar-refractivity contribution in [3.05, 3.63) is 59.7 Å². The fraction of sp³-hybridized carbons (Fsp3) is 0.0769. The predicted octanol–water partition coefficient (Wildman–Crippen LogP) is 2.92. The number of hydrogen-bond acceptors (Lipinski definition) is 2. The topological polar surface area (TPSA) is 52.1 Å². The van der Waals surface area contributed by atoms with Gasteiger partial charge < -0.3 is 6.15 Å². The maximum absolute atomic E-state index is 12.2. The van der Waals surface area contributed by atoms with Crippen LogP contribution in [0.5, 0.6) is 0 Å². The van der Waals surface area contributed by atoms with Gasteiger partial charge >= 0.3 is 0 Å².